The van der Waals surface area contributed by atoms with Gasteiger partial charge >= 0.3 is 0 Å². The van der Waals surface area contributed by atoms with Crippen molar-refractivity contribution in [2.45, 2.75) is 117 Å². The zero-order valence-corrected chi connectivity index (χ0v) is 17.8. The Kier molecular flexibility index (Phi) is 8.42. The van der Waals surface area contributed by atoms with Gasteiger partial charge in [0.25, 0.3) is 0 Å². The molecule has 148 valence electrons. The van der Waals surface area contributed by atoms with Crippen LogP contribution in [0.3, 0.4) is 0 Å². The minimum absolute atomic E-state index is 0.731. The van der Waals surface area contributed by atoms with Crippen molar-refractivity contribution in [3.8, 4) is 11.8 Å². The van der Waals surface area contributed by atoms with Crippen LogP contribution >= 0.6 is 0 Å². The highest BCUT2D eigenvalue weighted by Gasteiger charge is 2.30. The van der Waals surface area contributed by atoms with E-state index in [1.165, 1.54) is 103 Å². The van der Waals surface area contributed by atoms with Crippen LogP contribution in [-0.4, -0.2) is 0 Å². The van der Waals surface area contributed by atoms with Crippen molar-refractivity contribution in [1.82, 2.24) is 0 Å². The van der Waals surface area contributed by atoms with E-state index in [0.717, 1.165) is 35.5 Å². The van der Waals surface area contributed by atoms with E-state index in [-0.39, 0.29) is 0 Å². The minimum Gasteiger partial charge on any atom is -0.0996 e. The first-order valence-electron chi connectivity index (χ1n) is 12.3. The van der Waals surface area contributed by atoms with Gasteiger partial charge in [-0.2, -0.15) is 0 Å². The van der Waals surface area contributed by atoms with Crippen LogP contribution < -0.4 is 0 Å². The fraction of sp³-hybridized carbons (Fsp3) is 0.923. The van der Waals surface area contributed by atoms with Crippen molar-refractivity contribution in [2.75, 3.05) is 0 Å². The predicted octanol–water partition coefficient (Wildman–Crippen LogP) is 8.01. The van der Waals surface area contributed by atoms with E-state index in [4.69, 9.17) is 0 Å². The molecule has 0 nitrogen and oxygen atoms in total. The Morgan fingerprint density at radius 2 is 0.846 bits per heavy atom. The molecule has 0 aromatic carbocycles. The Labute approximate surface area is 164 Å². The molecular formula is C26H44. The molecule has 0 unspecified atom stereocenters. The van der Waals surface area contributed by atoms with Gasteiger partial charge in [0.15, 0.2) is 0 Å². The van der Waals surface area contributed by atoms with Gasteiger partial charge in [-0.3, -0.25) is 0 Å². The van der Waals surface area contributed by atoms with Gasteiger partial charge in [-0.15, -0.1) is 0 Å². The maximum atomic E-state index is 3.74. The molecule has 0 bridgehead atoms. The number of hydrogen-bond donors (Lipinski definition) is 0. The summed E-state index contributed by atoms with van der Waals surface area (Å²) in [5.41, 5.74) is 0. The summed E-state index contributed by atoms with van der Waals surface area (Å²) < 4.78 is 0. The Balaban J connectivity index is 1.35. The molecule has 0 heterocycles. The second-order valence-corrected chi connectivity index (χ2v) is 9.98. The van der Waals surface area contributed by atoms with Gasteiger partial charge in [0.2, 0.25) is 0 Å². The largest absolute Gasteiger partial charge is 0.0996 e. The summed E-state index contributed by atoms with van der Waals surface area (Å²) in [6, 6.07) is 0. The Morgan fingerprint density at radius 3 is 1.27 bits per heavy atom. The lowest BCUT2D eigenvalue weighted by Crippen LogP contribution is -2.25. The predicted molar refractivity (Wildman–Crippen MR) is 114 cm³/mol. The summed E-state index contributed by atoms with van der Waals surface area (Å²) in [5.74, 6) is 13.1. The van der Waals surface area contributed by atoms with Gasteiger partial charge in [0, 0.05) is 11.8 Å². The molecule has 3 saturated carbocycles. The second kappa shape index (κ2) is 10.8. The third-order valence-electron chi connectivity index (χ3n) is 8.06. The van der Waals surface area contributed by atoms with Crippen molar-refractivity contribution in [2.24, 2.45) is 35.5 Å². The molecule has 26 heavy (non-hydrogen) atoms. The molecule has 0 heteroatoms. The standard InChI is InChI=1S/C26H44/c1-3-5-21-7-9-23(10-8-21)11-12-24-15-19-26(20-16-24)25-17-13-22(6-4-2)14-18-25/h21-26H,3-10,13-20H2,1-2H3. The molecule has 0 N–H and O–H groups in total. The molecule has 0 aliphatic heterocycles. The molecule has 0 aromatic rings. The van der Waals surface area contributed by atoms with Crippen LogP contribution in [0.1, 0.15) is 117 Å². The van der Waals surface area contributed by atoms with Gasteiger partial charge in [0.05, 0.1) is 0 Å². The van der Waals surface area contributed by atoms with Crippen molar-refractivity contribution in [3.63, 3.8) is 0 Å². The Morgan fingerprint density at radius 1 is 0.500 bits per heavy atom. The van der Waals surface area contributed by atoms with E-state index in [1.54, 1.807) is 0 Å². The lowest BCUT2D eigenvalue weighted by Gasteiger charge is -2.37. The molecule has 3 aliphatic carbocycles. The summed E-state index contributed by atoms with van der Waals surface area (Å²) in [6.45, 7) is 4.68. The fourth-order valence-corrected chi connectivity index (χ4v) is 6.33. The molecule has 0 spiro atoms. The normalized spacial score (nSPS) is 38.4. The van der Waals surface area contributed by atoms with Crippen LogP contribution in [0.15, 0.2) is 0 Å². The summed E-state index contributed by atoms with van der Waals surface area (Å²) >= 11 is 0. The maximum Gasteiger partial charge on any atom is 0.0203 e. The van der Waals surface area contributed by atoms with Crippen LogP contribution in [0.5, 0.6) is 0 Å². The Hall–Kier alpha value is -0.440. The minimum atomic E-state index is 0.731. The smallest absolute Gasteiger partial charge is 0.0203 e. The van der Waals surface area contributed by atoms with Crippen molar-refractivity contribution in [3.05, 3.63) is 0 Å². The summed E-state index contributed by atoms with van der Waals surface area (Å²) in [6.07, 6.45) is 23.2. The first kappa shape index (κ1) is 20.3. The van der Waals surface area contributed by atoms with E-state index < -0.39 is 0 Å². The molecule has 0 atom stereocenters. The lowest BCUT2D eigenvalue weighted by molar-refractivity contribution is 0.153. The fourth-order valence-electron chi connectivity index (χ4n) is 6.33. The van der Waals surface area contributed by atoms with Gasteiger partial charge in [-0.05, 0) is 87.9 Å². The van der Waals surface area contributed by atoms with Crippen LogP contribution in [0, 0.1) is 47.3 Å². The highest BCUT2D eigenvalue weighted by atomic mass is 14.4. The van der Waals surface area contributed by atoms with E-state index in [1.807, 2.05) is 0 Å². The molecule has 0 amide bonds. The molecule has 0 saturated heterocycles. The van der Waals surface area contributed by atoms with Gasteiger partial charge < -0.3 is 0 Å². The summed E-state index contributed by atoms with van der Waals surface area (Å²) in [5, 5.41) is 0. The van der Waals surface area contributed by atoms with Crippen molar-refractivity contribution in [1.29, 1.82) is 0 Å². The van der Waals surface area contributed by atoms with Crippen LogP contribution in [-0.2, 0) is 0 Å². The zero-order valence-electron chi connectivity index (χ0n) is 17.8. The molecule has 0 aromatic heterocycles. The molecular weight excluding hydrogens is 312 g/mol. The maximum absolute atomic E-state index is 3.74. The van der Waals surface area contributed by atoms with Crippen LogP contribution in [0.2, 0.25) is 0 Å². The molecule has 0 radical (unpaired) electrons. The first-order chi connectivity index (χ1) is 12.8. The van der Waals surface area contributed by atoms with Crippen molar-refractivity contribution < 1.29 is 0 Å². The third kappa shape index (κ3) is 6.04. The number of rotatable bonds is 5. The van der Waals surface area contributed by atoms with E-state index in [0.29, 0.717) is 0 Å². The average Bonchev–Trinajstić information content (AvgIpc) is 2.69. The van der Waals surface area contributed by atoms with E-state index >= 15 is 0 Å². The number of hydrogen-bond acceptors (Lipinski definition) is 0. The summed E-state index contributed by atoms with van der Waals surface area (Å²) in [4.78, 5) is 0. The molecule has 3 fully saturated rings. The monoisotopic (exact) mass is 356 g/mol. The average molecular weight is 357 g/mol. The zero-order chi connectivity index (χ0) is 18.2. The SMILES string of the molecule is CCCC1CCC(C#CC2CCC(C3CCC(CCC)CC3)CC2)CC1. The van der Waals surface area contributed by atoms with E-state index in [2.05, 4.69) is 25.7 Å². The van der Waals surface area contributed by atoms with Crippen LogP contribution in [0.4, 0.5) is 0 Å². The van der Waals surface area contributed by atoms with Gasteiger partial charge in [-0.1, -0.05) is 64.2 Å². The topological polar surface area (TPSA) is 0 Å². The molecule has 3 rings (SSSR count). The van der Waals surface area contributed by atoms with E-state index in [9.17, 15) is 0 Å². The first-order valence-corrected chi connectivity index (χ1v) is 12.3. The second-order valence-electron chi connectivity index (χ2n) is 9.98. The Bertz CT molecular complexity index is 428. The van der Waals surface area contributed by atoms with Gasteiger partial charge in [0.1, 0.15) is 0 Å². The van der Waals surface area contributed by atoms with Crippen LogP contribution in [0.25, 0.3) is 0 Å². The third-order valence-corrected chi connectivity index (χ3v) is 8.06. The molecule has 3 aliphatic rings. The quantitative estimate of drug-likeness (QED) is 0.437. The van der Waals surface area contributed by atoms with Gasteiger partial charge in [-0.25, -0.2) is 0 Å². The lowest BCUT2D eigenvalue weighted by atomic mass is 9.69. The van der Waals surface area contributed by atoms with Crippen molar-refractivity contribution >= 4 is 0 Å². The highest BCUT2D eigenvalue weighted by Crippen LogP contribution is 2.42. The highest BCUT2D eigenvalue weighted by molar-refractivity contribution is 5.09. The summed E-state index contributed by atoms with van der Waals surface area (Å²) in [7, 11) is 0.